The summed E-state index contributed by atoms with van der Waals surface area (Å²) in [6.45, 7) is 6.29. The number of urea groups is 1. The number of alkyl halides is 2. The number of allylic oxidation sites excluding steroid dienone is 2. The van der Waals surface area contributed by atoms with E-state index >= 15 is 0 Å². The van der Waals surface area contributed by atoms with Crippen molar-refractivity contribution in [3.8, 4) is 0 Å². The molecule has 27 heavy (non-hydrogen) atoms. The van der Waals surface area contributed by atoms with Crippen LogP contribution in [0.3, 0.4) is 0 Å². The Balaban J connectivity index is 2.71. The number of halogens is 2. The van der Waals surface area contributed by atoms with Crippen molar-refractivity contribution >= 4 is 27.2 Å². The lowest BCUT2D eigenvalue weighted by molar-refractivity contribution is 0.104. The van der Waals surface area contributed by atoms with E-state index in [1.165, 1.54) is 38.5 Å². The molecular formula is C19H29F2N4OP. The summed E-state index contributed by atoms with van der Waals surface area (Å²) in [5.41, 5.74) is -2.68. The van der Waals surface area contributed by atoms with Gasteiger partial charge in [-0.1, -0.05) is 34.4 Å². The highest BCUT2D eigenvalue weighted by Crippen LogP contribution is 2.35. The molecule has 1 atom stereocenters. The maximum absolute atomic E-state index is 13.2. The van der Waals surface area contributed by atoms with E-state index in [1.54, 1.807) is 12.3 Å². The highest BCUT2D eigenvalue weighted by molar-refractivity contribution is 7.17. The van der Waals surface area contributed by atoms with Crippen LogP contribution in [0.5, 0.6) is 0 Å². The van der Waals surface area contributed by atoms with Crippen molar-refractivity contribution in [2.45, 2.75) is 32.4 Å². The van der Waals surface area contributed by atoms with Gasteiger partial charge in [0, 0.05) is 24.0 Å². The molecule has 1 rings (SSSR count). The Bertz CT molecular complexity index is 630. The average molecular weight is 398 g/mol. The van der Waals surface area contributed by atoms with E-state index in [-0.39, 0.29) is 5.56 Å². The van der Waals surface area contributed by atoms with Crippen molar-refractivity contribution in [1.29, 1.82) is 0 Å². The van der Waals surface area contributed by atoms with Crippen molar-refractivity contribution in [1.82, 2.24) is 9.91 Å². The van der Waals surface area contributed by atoms with Crippen molar-refractivity contribution in [3.63, 3.8) is 0 Å². The van der Waals surface area contributed by atoms with Crippen LogP contribution in [-0.2, 0) is 5.66 Å². The smallest absolute Gasteiger partial charge is 0.306 e. The molecule has 0 radical (unpaired) electrons. The largest absolute Gasteiger partial charge is 0.342 e. The molecular weight excluding hydrogens is 369 g/mol. The van der Waals surface area contributed by atoms with Gasteiger partial charge in [0.1, 0.15) is 0 Å². The van der Waals surface area contributed by atoms with Crippen LogP contribution in [0.4, 0.5) is 19.3 Å². The molecule has 0 heterocycles. The van der Waals surface area contributed by atoms with Crippen LogP contribution in [0.1, 0.15) is 32.3 Å². The Hall–Kier alpha value is -1.85. The molecule has 0 aliphatic heterocycles. The molecule has 0 spiro atoms. The molecule has 8 heteroatoms. The maximum atomic E-state index is 13.2. The Morgan fingerprint density at radius 2 is 1.93 bits per heavy atom. The summed E-state index contributed by atoms with van der Waals surface area (Å²) in [7, 11) is 3.54. The normalized spacial score (nSPS) is 12.3. The predicted molar refractivity (Wildman–Crippen MR) is 111 cm³/mol. The molecule has 0 saturated heterocycles. The number of anilines is 1. The van der Waals surface area contributed by atoms with Crippen LogP contribution in [-0.4, -0.2) is 48.8 Å². The van der Waals surface area contributed by atoms with Crippen molar-refractivity contribution < 1.29 is 13.6 Å². The third-order valence-corrected chi connectivity index (χ3v) is 4.09. The Morgan fingerprint density at radius 1 is 1.26 bits per heavy atom. The SMILES string of the molecule is C/C=C/C=N/N(CCCN(C)CCC)C(=O)Nc1ccc(C(F)(F)P)cc1. The summed E-state index contributed by atoms with van der Waals surface area (Å²) in [6.07, 6.45) is 6.95. The molecule has 1 unspecified atom stereocenters. The molecule has 5 nitrogen and oxygen atoms in total. The number of hydrogen-bond donors (Lipinski definition) is 1. The number of carbonyl (C=O) groups is 1. The summed E-state index contributed by atoms with van der Waals surface area (Å²) in [5, 5.41) is 8.22. The van der Waals surface area contributed by atoms with Crippen LogP contribution in [0.25, 0.3) is 0 Å². The minimum absolute atomic E-state index is 0.132. The lowest BCUT2D eigenvalue weighted by atomic mass is 10.2. The molecule has 0 aromatic heterocycles. The van der Waals surface area contributed by atoms with Crippen LogP contribution >= 0.6 is 9.24 Å². The zero-order valence-corrected chi connectivity index (χ0v) is 17.3. The quantitative estimate of drug-likeness (QED) is 0.352. The number of hydrazone groups is 1. The minimum Gasteiger partial charge on any atom is -0.306 e. The zero-order chi connectivity index (χ0) is 20.3. The monoisotopic (exact) mass is 398 g/mol. The average Bonchev–Trinajstić information content (AvgIpc) is 2.60. The van der Waals surface area contributed by atoms with E-state index in [0.29, 0.717) is 12.2 Å². The molecule has 1 N–H and O–H groups in total. The van der Waals surface area contributed by atoms with E-state index in [2.05, 4.69) is 22.2 Å². The fourth-order valence-corrected chi connectivity index (χ4v) is 2.56. The first-order valence-corrected chi connectivity index (χ1v) is 9.55. The van der Waals surface area contributed by atoms with Gasteiger partial charge in [-0.15, -0.1) is 0 Å². The van der Waals surface area contributed by atoms with Gasteiger partial charge in [-0.25, -0.2) is 9.80 Å². The fraction of sp³-hybridized carbons (Fsp3) is 0.474. The lowest BCUT2D eigenvalue weighted by Gasteiger charge is -2.20. The molecule has 2 amide bonds. The molecule has 0 saturated carbocycles. The molecule has 0 aliphatic carbocycles. The van der Waals surface area contributed by atoms with E-state index < -0.39 is 11.7 Å². The third-order valence-electron chi connectivity index (χ3n) is 3.76. The first kappa shape index (κ1) is 23.2. The van der Waals surface area contributed by atoms with E-state index in [4.69, 9.17) is 0 Å². The van der Waals surface area contributed by atoms with E-state index in [9.17, 15) is 13.6 Å². The summed E-state index contributed by atoms with van der Waals surface area (Å²) in [6, 6.07) is 5.08. The van der Waals surface area contributed by atoms with Gasteiger partial charge in [0.2, 0.25) is 0 Å². The predicted octanol–water partition coefficient (Wildman–Crippen LogP) is 4.74. The number of amides is 2. The molecule has 1 aromatic carbocycles. The first-order chi connectivity index (χ1) is 12.8. The maximum Gasteiger partial charge on any atom is 0.342 e. The number of rotatable bonds is 10. The Morgan fingerprint density at radius 3 is 2.48 bits per heavy atom. The van der Waals surface area contributed by atoms with Crippen LogP contribution in [0.2, 0.25) is 0 Å². The number of nitrogens with zero attached hydrogens (tertiary/aromatic N) is 3. The zero-order valence-electron chi connectivity index (χ0n) is 16.2. The van der Waals surface area contributed by atoms with E-state index in [0.717, 1.165) is 25.9 Å². The number of nitrogens with one attached hydrogen (secondary N) is 1. The van der Waals surface area contributed by atoms with Gasteiger partial charge < -0.3 is 10.2 Å². The van der Waals surface area contributed by atoms with Crippen LogP contribution in [0.15, 0.2) is 41.5 Å². The number of hydrogen-bond acceptors (Lipinski definition) is 3. The van der Waals surface area contributed by atoms with Gasteiger partial charge in [-0.2, -0.15) is 13.9 Å². The van der Waals surface area contributed by atoms with Gasteiger partial charge in [0.05, 0.1) is 0 Å². The van der Waals surface area contributed by atoms with Gasteiger partial charge in [-0.05, 0) is 58.1 Å². The lowest BCUT2D eigenvalue weighted by Crippen LogP contribution is -2.33. The second-order valence-electron chi connectivity index (χ2n) is 6.20. The Kier molecular flexibility index (Phi) is 10.1. The van der Waals surface area contributed by atoms with Crippen molar-refractivity contribution in [3.05, 3.63) is 42.0 Å². The highest BCUT2D eigenvalue weighted by atomic mass is 31.0. The van der Waals surface area contributed by atoms with Crippen LogP contribution in [0, 0.1) is 0 Å². The summed E-state index contributed by atoms with van der Waals surface area (Å²) < 4.78 is 26.5. The van der Waals surface area contributed by atoms with Gasteiger partial charge in [0.25, 0.3) is 5.66 Å². The summed E-state index contributed by atoms with van der Waals surface area (Å²) in [4.78, 5) is 14.7. The van der Waals surface area contributed by atoms with Gasteiger partial charge in [-0.3, -0.25) is 0 Å². The topological polar surface area (TPSA) is 47.9 Å². The van der Waals surface area contributed by atoms with Crippen molar-refractivity contribution in [2.24, 2.45) is 5.10 Å². The molecule has 0 bridgehead atoms. The second-order valence-corrected chi connectivity index (χ2v) is 6.93. The molecule has 1 aromatic rings. The van der Waals surface area contributed by atoms with Crippen molar-refractivity contribution in [2.75, 3.05) is 32.0 Å². The summed E-state index contributed by atoms with van der Waals surface area (Å²) in [5.74, 6) is 0. The number of benzene rings is 1. The fourth-order valence-electron chi connectivity index (χ4n) is 2.36. The van der Waals surface area contributed by atoms with Crippen LogP contribution < -0.4 is 5.32 Å². The number of carbonyl (C=O) groups excluding carboxylic acids is 1. The molecule has 150 valence electrons. The highest BCUT2D eigenvalue weighted by Gasteiger charge is 2.24. The minimum atomic E-state index is -2.99. The summed E-state index contributed by atoms with van der Waals surface area (Å²) >= 11 is 0. The Labute approximate surface area is 162 Å². The molecule has 0 fully saturated rings. The standard InChI is InChI=1S/C19H29F2N4OP/c1-4-6-12-22-25(15-7-14-24(3)13-5-2)18(26)23-17-10-8-16(9-11-17)19(20,21)27/h4,6,8-12H,5,7,13-15,27H2,1-3H3,(H,23,26)/b6-4+,22-12+. The molecule has 0 aliphatic rings. The van der Waals surface area contributed by atoms with Gasteiger partial charge in [0.15, 0.2) is 0 Å². The third kappa shape index (κ3) is 9.07. The van der Waals surface area contributed by atoms with Gasteiger partial charge >= 0.3 is 6.03 Å². The van der Waals surface area contributed by atoms with E-state index in [1.807, 2.05) is 20.0 Å². The second kappa shape index (κ2) is 11.8. The first-order valence-electron chi connectivity index (χ1n) is 8.97.